The van der Waals surface area contributed by atoms with Gasteiger partial charge in [-0.25, -0.2) is 4.98 Å². The van der Waals surface area contributed by atoms with E-state index in [4.69, 9.17) is 17.1 Å². The van der Waals surface area contributed by atoms with Crippen molar-refractivity contribution in [1.82, 2.24) is 9.55 Å². The summed E-state index contributed by atoms with van der Waals surface area (Å²) in [5, 5.41) is 0. The van der Waals surface area contributed by atoms with Crippen LogP contribution >= 0.6 is 11.8 Å². The average Bonchev–Trinajstić information content (AvgIpc) is 3.10. The number of anilines is 1. The maximum atomic E-state index is 6.37. The number of hydrogen-bond donors (Lipinski definition) is 1. The highest BCUT2D eigenvalue weighted by atomic mass is 32.2. The van der Waals surface area contributed by atoms with Crippen molar-refractivity contribution < 1.29 is 0 Å². The van der Waals surface area contributed by atoms with Crippen molar-refractivity contribution in [2.75, 3.05) is 17.2 Å². The van der Waals surface area contributed by atoms with Gasteiger partial charge in [0.25, 0.3) is 0 Å². The van der Waals surface area contributed by atoms with Gasteiger partial charge in [-0.15, -0.1) is 6.42 Å². The predicted molar refractivity (Wildman–Crippen MR) is 86.0 cm³/mol. The van der Waals surface area contributed by atoms with Gasteiger partial charge in [-0.2, -0.15) is 11.8 Å². The summed E-state index contributed by atoms with van der Waals surface area (Å²) in [5.41, 5.74) is 7.49. The number of imidazole rings is 1. The normalized spacial score (nSPS) is 23.9. The summed E-state index contributed by atoms with van der Waals surface area (Å²) in [6.07, 6.45) is 13.2. The fourth-order valence-electron chi connectivity index (χ4n) is 3.48. The molecule has 0 radical (unpaired) electrons. The van der Waals surface area contributed by atoms with Crippen LogP contribution in [0, 0.1) is 12.3 Å². The average molecular weight is 289 g/mol. The van der Waals surface area contributed by atoms with Gasteiger partial charge in [0.2, 0.25) is 0 Å². The summed E-state index contributed by atoms with van der Waals surface area (Å²) in [6.45, 7) is 0.560. The van der Waals surface area contributed by atoms with Crippen LogP contribution in [-0.4, -0.2) is 21.1 Å². The van der Waals surface area contributed by atoms with E-state index >= 15 is 0 Å². The summed E-state index contributed by atoms with van der Waals surface area (Å²) < 4.78 is 2.11. The molecule has 2 aliphatic rings. The standard InChI is InChI=1S/C16H23N3S/c1-2-9-19-15(17)14(13-8-10-20-11-13)18-16(19)12-6-4-3-5-7-12/h1,12-13H,3-11,17H2. The number of nitrogen functional groups attached to an aromatic ring is 1. The molecule has 1 unspecified atom stereocenters. The minimum atomic E-state index is 0.529. The summed E-state index contributed by atoms with van der Waals surface area (Å²) in [7, 11) is 0. The zero-order chi connectivity index (χ0) is 13.9. The fraction of sp³-hybridized carbons (Fsp3) is 0.688. The molecular weight excluding hydrogens is 266 g/mol. The molecule has 1 atom stereocenters. The number of hydrogen-bond acceptors (Lipinski definition) is 3. The van der Waals surface area contributed by atoms with Gasteiger partial charge in [-0.3, -0.25) is 0 Å². The first-order chi connectivity index (χ1) is 9.81. The molecule has 0 aromatic carbocycles. The Morgan fingerprint density at radius 1 is 1.25 bits per heavy atom. The monoisotopic (exact) mass is 289 g/mol. The predicted octanol–water partition coefficient (Wildman–Crippen LogP) is 3.37. The molecule has 0 amide bonds. The van der Waals surface area contributed by atoms with Gasteiger partial charge >= 0.3 is 0 Å². The number of aromatic nitrogens is 2. The highest BCUT2D eigenvalue weighted by Crippen LogP contribution is 2.39. The van der Waals surface area contributed by atoms with Crippen molar-refractivity contribution in [3.05, 3.63) is 11.5 Å². The second-order valence-corrected chi connectivity index (χ2v) is 7.08. The van der Waals surface area contributed by atoms with Crippen molar-refractivity contribution in [2.45, 2.75) is 56.9 Å². The zero-order valence-corrected chi connectivity index (χ0v) is 12.8. The van der Waals surface area contributed by atoms with E-state index < -0.39 is 0 Å². The lowest BCUT2D eigenvalue weighted by Gasteiger charge is -2.21. The molecule has 2 N–H and O–H groups in total. The van der Waals surface area contributed by atoms with Crippen molar-refractivity contribution in [1.29, 1.82) is 0 Å². The molecule has 1 aromatic rings. The minimum Gasteiger partial charge on any atom is -0.384 e. The Bertz CT molecular complexity index is 503. The molecule has 2 fully saturated rings. The Hall–Kier alpha value is -1.08. The molecule has 108 valence electrons. The number of terminal acetylenes is 1. The van der Waals surface area contributed by atoms with Gasteiger partial charge in [0.1, 0.15) is 11.6 Å². The number of nitrogens with two attached hydrogens (primary N) is 1. The molecule has 1 saturated carbocycles. The van der Waals surface area contributed by atoms with Crippen LogP contribution in [0.2, 0.25) is 0 Å². The maximum absolute atomic E-state index is 6.37. The SMILES string of the molecule is C#CCn1c(C2CCCCC2)nc(C2CCSC2)c1N. The second-order valence-electron chi connectivity index (χ2n) is 5.93. The Kier molecular flexibility index (Phi) is 4.26. The number of thioether (sulfide) groups is 1. The number of rotatable bonds is 3. The summed E-state index contributed by atoms with van der Waals surface area (Å²) in [4.78, 5) is 4.96. The molecular formula is C16H23N3S. The molecule has 1 aromatic heterocycles. The zero-order valence-electron chi connectivity index (χ0n) is 12.0. The van der Waals surface area contributed by atoms with E-state index in [1.807, 2.05) is 11.8 Å². The lowest BCUT2D eigenvalue weighted by molar-refractivity contribution is 0.419. The van der Waals surface area contributed by atoms with Crippen LogP contribution in [0.15, 0.2) is 0 Å². The molecule has 2 heterocycles. The van der Waals surface area contributed by atoms with Crippen LogP contribution in [0.4, 0.5) is 5.82 Å². The van der Waals surface area contributed by atoms with Crippen LogP contribution in [0.3, 0.4) is 0 Å². The molecule has 1 saturated heterocycles. The van der Waals surface area contributed by atoms with Gasteiger partial charge in [0.15, 0.2) is 0 Å². The van der Waals surface area contributed by atoms with Gasteiger partial charge in [-0.05, 0) is 25.0 Å². The highest BCUT2D eigenvalue weighted by Gasteiger charge is 2.28. The summed E-state index contributed by atoms with van der Waals surface area (Å²) in [5.74, 6) is 8.20. The van der Waals surface area contributed by atoms with E-state index in [2.05, 4.69) is 10.5 Å². The van der Waals surface area contributed by atoms with Crippen LogP contribution in [0.5, 0.6) is 0 Å². The van der Waals surface area contributed by atoms with Crippen LogP contribution < -0.4 is 5.73 Å². The lowest BCUT2D eigenvalue weighted by atomic mass is 9.88. The molecule has 4 heteroatoms. The largest absolute Gasteiger partial charge is 0.384 e. The second kappa shape index (κ2) is 6.13. The Morgan fingerprint density at radius 3 is 2.70 bits per heavy atom. The van der Waals surface area contributed by atoms with Gasteiger partial charge in [0, 0.05) is 17.6 Å². The van der Waals surface area contributed by atoms with Crippen LogP contribution in [0.25, 0.3) is 0 Å². The molecule has 1 aliphatic heterocycles. The van der Waals surface area contributed by atoms with Gasteiger partial charge in [0.05, 0.1) is 12.2 Å². The first-order valence-electron chi connectivity index (χ1n) is 7.68. The van der Waals surface area contributed by atoms with E-state index in [0.717, 1.165) is 23.1 Å². The fourth-order valence-corrected chi connectivity index (χ4v) is 4.71. The smallest absolute Gasteiger partial charge is 0.127 e. The minimum absolute atomic E-state index is 0.529. The third kappa shape index (κ3) is 2.56. The van der Waals surface area contributed by atoms with Crippen molar-refractivity contribution in [3.8, 4) is 12.3 Å². The van der Waals surface area contributed by atoms with E-state index in [1.54, 1.807) is 0 Å². The van der Waals surface area contributed by atoms with Gasteiger partial charge < -0.3 is 10.3 Å². The van der Waals surface area contributed by atoms with E-state index in [0.29, 0.717) is 18.4 Å². The third-order valence-corrected chi connectivity index (χ3v) is 5.76. The lowest BCUT2D eigenvalue weighted by Crippen LogP contribution is -2.13. The molecule has 20 heavy (non-hydrogen) atoms. The molecule has 0 spiro atoms. The highest BCUT2D eigenvalue weighted by molar-refractivity contribution is 7.99. The van der Waals surface area contributed by atoms with Crippen molar-refractivity contribution in [3.63, 3.8) is 0 Å². The third-order valence-electron chi connectivity index (χ3n) is 4.60. The first kappa shape index (κ1) is 13.9. The number of nitrogens with zero attached hydrogens (tertiary/aromatic N) is 2. The molecule has 1 aliphatic carbocycles. The van der Waals surface area contributed by atoms with E-state index in [-0.39, 0.29) is 0 Å². The topological polar surface area (TPSA) is 43.8 Å². The Morgan fingerprint density at radius 2 is 2.05 bits per heavy atom. The Balaban J connectivity index is 1.94. The Labute approximate surface area is 125 Å². The quantitative estimate of drug-likeness (QED) is 0.868. The summed E-state index contributed by atoms with van der Waals surface area (Å²) in [6, 6.07) is 0. The van der Waals surface area contributed by atoms with E-state index in [1.165, 1.54) is 44.3 Å². The van der Waals surface area contributed by atoms with Crippen LogP contribution in [0.1, 0.15) is 61.9 Å². The first-order valence-corrected chi connectivity index (χ1v) is 8.83. The molecule has 3 nitrogen and oxygen atoms in total. The van der Waals surface area contributed by atoms with Gasteiger partial charge in [-0.1, -0.05) is 25.2 Å². The van der Waals surface area contributed by atoms with Crippen molar-refractivity contribution >= 4 is 17.6 Å². The van der Waals surface area contributed by atoms with E-state index in [9.17, 15) is 0 Å². The molecule has 0 bridgehead atoms. The summed E-state index contributed by atoms with van der Waals surface area (Å²) >= 11 is 2.00. The van der Waals surface area contributed by atoms with Crippen molar-refractivity contribution in [2.24, 2.45) is 0 Å². The molecule has 3 rings (SSSR count). The maximum Gasteiger partial charge on any atom is 0.127 e. The van der Waals surface area contributed by atoms with Crippen LogP contribution in [-0.2, 0) is 6.54 Å².